The molecule has 0 atom stereocenters. The minimum atomic E-state index is -0.778. The van der Waals surface area contributed by atoms with Crippen molar-refractivity contribution in [1.29, 1.82) is 5.26 Å². The van der Waals surface area contributed by atoms with E-state index < -0.39 is 5.41 Å². The van der Waals surface area contributed by atoms with Crippen LogP contribution in [0, 0.1) is 11.3 Å². The highest BCUT2D eigenvalue weighted by molar-refractivity contribution is 6.04. The van der Waals surface area contributed by atoms with Gasteiger partial charge in [-0.05, 0) is 43.5 Å². The largest absolute Gasteiger partial charge is 0.334 e. The number of rotatable bonds is 4. The minimum absolute atomic E-state index is 0.304. The number of nitriles is 1. The van der Waals surface area contributed by atoms with E-state index in [9.17, 15) is 10.1 Å². The molecule has 0 aliphatic rings. The van der Waals surface area contributed by atoms with Crippen LogP contribution >= 0.6 is 0 Å². The van der Waals surface area contributed by atoms with Gasteiger partial charge < -0.3 is 9.88 Å². The van der Waals surface area contributed by atoms with E-state index in [4.69, 9.17) is 0 Å². The zero-order valence-corrected chi connectivity index (χ0v) is 16.9. The predicted molar refractivity (Wildman–Crippen MR) is 115 cm³/mol. The Bertz CT molecular complexity index is 1300. The number of hydrogen-bond donors (Lipinski definition) is 1. The summed E-state index contributed by atoms with van der Waals surface area (Å²) in [5.41, 5.74) is 2.23. The van der Waals surface area contributed by atoms with Crippen LogP contribution in [0.4, 0.5) is 5.82 Å². The van der Waals surface area contributed by atoms with Crippen LogP contribution in [0.15, 0.2) is 61.3 Å². The van der Waals surface area contributed by atoms with Crippen LogP contribution in [-0.4, -0.2) is 25.4 Å². The van der Waals surface area contributed by atoms with Crippen molar-refractivity contribution in [3.63, 3.8) is 0 Å². The van der Waals surface area contributed by atoms with Gasteiger partial charge >= 0.3 is 0 Å². The summed E-state index contributed by atoms with van der Waals surface area (Å²) in [7, 11) is 1.95. The number of nitrogens with zero attached hydrogens (tertiary/aromatic N) is 5. The maximum absolute atomic E-state index is 12.7. The van der Waals surface area contributed by atoms with E-state index >= 15 is 0 Å². The molecule has 3 heterocycles. The summed E-state index contributed by atoms with van der Waals surface area (Å²) in [6.07, 6.45) is 6.84. The number of benzene rings is 1. The van der Waals surface area contributed by atoms with Crippen molar-refractivity contribution >= 4 is 22.5 Å². The van der Waals surface area contributed by atoms with Gasteiger partial charge in [-0.2, -0.15) is 5.26 Å². The molecule has 4 rings (SSSR count). The summed E-state index contributed by atoms with van der Waals surface area (Å²) < 4.78 is 1.95. The molecule has 1 N–H and O–H groups in total. The Morgan fingerprint density at radius 2 is 1.93 bits per heavy atom. The van der Waals surface area contributed by atoms with Gasteiger partial charge in [0.05, 0.1) is 35.4 Å². The van der Waals surface area contributed by atoms with Gasteiger partial charge in [0, 0.05) is 36.0 Å². The predicted octanol–water partition coefficient (Wildman–Crippen LogP) is 4.08. The number of aromatic nitrogens is 4. The fourth-order valence-electron chi connectivity index (χ4n) is 3.16. The molecule has 0 unspecified atom stereocenters. The van der Waals surface area contributed by atoms with Gasteiger partial charge in [-0.1, -0.05) is 12.1 Å². The number of carbonyl (C=O) groups excluding carboxylic acids is 1. The third-order valence-electron chi connectivity index (χ3n) is 5.02. The molecule has 0 saturated carbocycles. The highest BCUT2D eigenvalue weighted by atomic mass is 16.1. The Balaban J connectivity index is 1.63. The molecule has 148 valence electrons. The maximum Gasteiger partial charge on any atom is 0.256 e. The summed E-state index contributed by atoms with van der Waals surface area (Å²) in [5, 5.41) is 14.1. The zero-order valence-electron chi connectivity index (χ0n) is 16.9. The van der Waals surface area contributed by atoms with E-state index in [2.05, 4.69) is 26.3 Å². The lowest BCUT2D eigenvalue weighted by molar-refractivity contribution is 0.102. The molecule has 0 saturated heterocycles. The molecule has 30 heavy (non-hydrogen) atoms. The lowest BCUT2D eigenvalue weighted by Crippen LogP contribution is -2.19. The number of imidazole rings is 1. The van der Waals surface area contributed by atoms with Crippen molar-refractivity contribution in [2.24, 2.45) is 7.05 Å². The third-order valence-corrected chi connectivity index (χ3v) is 5.02. The number of carbonyl (C=O) groups is 1. The molecule has 0 spiro atoms. The first-order chi connectivity index (χ1) is 14.4. The smallest absolute Gasteiger partial charge is 0.256 e. The quantitative estimate of drug-likeness (QED) is 0.560. The van der Waals surface area contributed by atoms with Crippen molar-refractivity contribution in [2.45, 2.75) is 19.3 Å². The van der Waals surface area contributed by atoms with Gasteiger partial charge in [0.2, 0.25) is 0 Å². The fraction of sp³-hybridized carbons (Fsp3) is 0.174. The SMILES string of the molecule is Cn1cncc1-c1ccc2cnc(NC(=O)c3ccnc(C(C)(C)C#N)c3)cc2c1. The van der Waals surface area contributed by atoms with Crippen molar-refractivity contribution in [3.05, 3.63) is 72.6 Å². The number of aryl methyl sites for hydroxylation is 1. The Morgan fingerprint density at radius 1 is 1.10 bits per heavy atom. The van der Waals surface area contributed by atoms with Gasteiger partial charge in [0.25, 0.3) is 5.91 Å². The summed E-state index contributed by atoms with van der Waals surface area (Å²) in [6.45, 7) is 3.53. The topological polar surface area (TPSA) is 96.5 Å². The van der Waals surface area contributed by atoms with Crippen LogP contribution in [0.25, 0.3) is 22.0 Å². The summed E-state index contributed by atoms with van der Waals surface area (Å²) in [6, 6.07) is 13.4. The van der Waals surface area contributed by atoms with E-state index in [1.54, 1.807) is 38.5 Å². The molecule has 0 aliphatic carbocycles. The van der Waals surface area contributed by atoms with Crippen molar-refractivity contribution in [2.75, 3.05) is 5.32 Å². The number of pyridine rings is 2. The van der Waals surface area contributed by atoms with Crippen LogP contribution in [0.3, 0.4) is 0 Å². The monoisotopic (exact) mass is 396 g/mol. The number of anilines is 1. The van der Waals surface area contributed by atoms with Crippen molar-refractivity contribution in [1.82, 2.24) is 19.5 Å². The number of amides is 1. The van der Waals surface area contributed by atoms with Crippen molar-refractivity contribution in [3.8, 4) is 17.3 Å². The Labute approximate surface area is 174 Å². The Morgan fingerprint density at radius 3 is 2.67 bits per heavy atom. The van der Waals surface area contributed by atoms with Crippen LogP contribution in [0.5, 0.6) is 0 Å². The molecule has 4 aromatic rings. The van der Waals surface area contributed by atoms with E-state index in [-0.39, 0.29) is 5.91 Å². The average Bonchev–Trinajstić information content (AvgIpc) is 3.19. The highest BCUT2D eigenvalue weighted by Gasteiger charge is 2.22. The van der Waals surface area contributed by atoms with Crippen LogP contribution in [-0.2, 0) is 12.5 Å². The number of nitrogens with one attached hydrogen (secondary N) is 1. The van der Waals surface area contributed by atoms with Gasteiger partial charge in [0.15, 0.2) is 0 Å². The normalized spacial score (nSPS) is 11.3. The lowest BCUT2D eigenvalue weighted by Gasteiger charge is -2.15. The molecule has 7 heteroatoms. The van der Waals surface area contributed by atoms with Gasteiger partial charge in [-0.15, -0.1) is 0 Å². The molecule has 3 aromatic heterocycles. The summed E-state index contributed by atoms with van der Waals surface area (Å²) in [4.78, 5) is 25.5. The first-order valence-corrected chi connectivity index (χ1v) is 9.43. The number of fused-ring (bicyclic) bond motifs is 1. The van der Waals surface area contributed by atoms with Crippen LogP contribution in [0.1, 0.15) is 29.9 Å². The second-order valence-corrected chi connectivity index (χ2v) is 7.64. The standard InChI is InChI=1S/C23H20N6O/c1-23(2,13-24)20-9-16(6-7-26-20)22(30)28-21-10-18-8-15(4-5-17(18)11-27-21)19-12-25-14-29(19)3/h4-12,14H,1-3H3,(H,27,28,30). The summed E-state index contributed by atoms with van der Waals surface area (Å²) in [5.74, 6) is 0.148. The average molecular weight is 396 g/mol. The van der Waals surface area contributed by atoms with Gasteiger partial charge in [0.1, 0.15) is 5.82 Å². The third kappa shape index (κ3) is 3.63. The van der Waals surface area contributed by atoms with Gasteiger partial charge in [-0.3, -0.25) is 9.78 Å². The molecule has 0 bridgehead atoms. The molecule has 0 radical (unpaired) electrons. The fourth-order valence-corrected chi connectivity index (χ4v) is 3.16. The minimum Gasteiger partial charge on any atom is -0.334 e. The second-order valence-electron chi connectivity index (χ2n) is 7.64. The first-order valence-electron chi connectivity index (χ1n) is 9.43. The van der Waals surface area contributed by atoms with E-state index in [0.29, 0.717) is 17.1 Å². The van der Waals surface area contributed by atoms with E-state index in [0.717, 1.165) is 22.0 Å². The molecule has 0 fully saturated rings. The molecule has 7 nitrogen and oxygen atoms in total. The maximum atomic E-state index is 12.7. The van der Waals surface area contributed by atoms with Crippen LogP contribution < -0.4 is 5.32 Å². The zero-order chi connectivity index (χ0) is 21.3. The second kappa shape index (κ2) is 7.41. The van der Waals surface area contributed by atoms with Crippen molar-refractivity contribution < 1.29 is 4.79 Å². The molecule has 1 amide bonds. The van der Waals surface area contributed by atoms with E-state index in [1.807, 2.05) is 42.1 Å². The lowest BCUT2D eigenvalue weighted by atomic mass is 9.90. The molecule has 1 aromatic carbocycles. The molecular formula is C23H20N6O. The van der Waals surface area contributed by atoms with Gasteiger partial charge in [-0.25, -0.2) is 9.97 Å². The Kier molecular flexibility index (Phi) is 4.76. The number of hydrogen-bond acceptors (Lipinski definition) is 5. The molecule has 0 aliphatic heterocycles. The highest BCUT2D eigenvalue weighted by Crippen LogP contribution is 2.25. The molecular weight excluding hydrogens is 376 g/mol. The van der Waals surface area contributed by atoms with E-state index in [1.165, 1.54) is 6.20 Å². The first kappa shape index (κ1) is 19.3. The summed E-state index contributed by atoms with van der Waals surface area (Å²) >= 11 is 0. The Hall–Kier alpha value is -4.05. The van der Waals surface area contributed by atoms with Crippen LogP contribution in [0.2, 0.25) is 0 Å².